The first kappa shape index (κ1) is 13.9. The van der Waals surface area contributed by atoms with Gasteiger partial charge in [0, 0.05) is 19.6 Å². The maximum atomic E-state index is 5.73. The molecule has 2 aliphatic heterocycles. The van der Waals surface area contributed by atoms with Gasteiger partial charge < -0.3 is 14.8 Å². The van der Waals surface area contributed by atoms with Gasteiger partial charge >= 0.3 is 0 Å². The van der Waals surface area contributed by atoms with Crippen LogP contribution >= 0.6 is 0 Å². The topological polar surface area (TPSA) is 30.5 Å². The molecule has 0 aromatic heterocycles. The van der Waals surface area contributed by atoms with Gasteiger partial charge in [-0.15, -0.1) is 0 Å². The summed E-state index contributed by atoms with van der Waals surface area (Å²) in [5.41, 5.74) is 2.79. The first-order chi connectivity index (χ1) is 9.86. The van der Waals surface area contributed by atoms with E-state index in [1.165, 1.54) is 17.5 Å². The zero-order valence-corrected chi connectivity index (χ0v) is 12.4. The third-order valence-electron chi connectivity index (χ3n) is 4.50. The van der Waals surface area contributed by atoms with E-state index in [4.69, 9.17) is 9.47 Å². The summed E-state index contributed by atoms with van der Waals surface area (Å²) in [6, 6.07) is 6.62. The molecule has 1 N–H and O–H groups in total. The molecule has 110 valence electrons. The predicted molar refractivity (Wildman–Crippen MR) is 80.4 cm³/mol. The summed E-state index contributed by atoms with van der Waals surface area (Å²) in [7, 11) is 0. The first-order valence-electron chi connectivity index (χ1n) is 7.93. The second-order valence-corrected chi connectivity index (χ2v) is 5.86. The van der Waals surface area contributed by atoms with Crippen molar-refractivity contribution in [1.29, 1.82) is 0 Å². The van der Waals surface area contributed by atoms with Gasteiger partial charge in [-0.25, -0.2) is 0 Å². The minimum atomic E-state index is 0.472. The van der Waals surface area contributed by atoms with Crippen molar-refractivity contribution in [1.82, 2.24) is 5.32 Å². The highest BCUT2D eigenvalue weighted by molar-refractivity contribution is 5.39. The number of fused-ring (bicyclic) bond motifs is 1. The summed E-state index contributed by atoms with van der Waals surface area (Å²) in [6.07, 6.45) is 4.98. The standard InChI is InChI=1S/C17H25NO2/c1-2-16-15(7-10-19-16)12-18-8-5-13-3-4-17-14(11-13)6-9-20-17/h3-4,11,15-16,18H,2,5-10,12H2,1H3. The van der Waals surface area contributed by atoms with E-state index in [0.717, 1.165) is 51.3 Å². The molecule has 0 aliphatic carbocycles. The maximum absolute atomic E-state index is 5.73. The van der Waals surface area contributed by atoms with E-state index < -0.39 is 0 Å². The van der Waals surface area contributed by atoms with Crippen molar-refractivity contribution < 1.29 is 9.47 Å². The molecule has 3 rings (SSSR count). The van der Waals surface area contributed by atoms with E-state index in [1.54, 1.807) is 0 Å². The molecular weight excluding hydrogens is 250 g/mol. The number of hydrogen-bond acceptors (Lipinski definition) is 3. The average molecular weight is 275 g/mol. The summed E-state index contributed by atoms with van der Waals surface area (Å²) in [6.45, 7) is 6.14. The van der Waals surface area contributed by atoms with Crippen LogP contribution < -0.4 is 10.1 Å². The van der Waals surface area contributed by atoms with Crippen molar-refractivity contribution in [3.8, 4) is 5.75 Å². The smallest absolute Gasteiger partial charge is 0.122 e. The highest BCUT2D eigenvalue weighted by Crippen LogP contribution is 2.26. The van der Waals surface area contributed by atoms with Gasteiger partial charge in [-0.1, -0.05) is 19.1 Å². The van der Waals surface area contributed by atoms with Crippen LogP contribution in [-0.4, -0.2) is 32.4 Å². The lowest BCUT2D eigenvalue weighted by atomic mass is 9.99. The van der Waals surface area contributed by atoms with E-state index >= 15 is 0 Å². The van der Waals surface area contributed by atoms with Crippen LogP contribution in [0.4, 0.5) is 0 Å². The highest BCUT2D eigenvalue weighted by atomic mass is 16.5. The summed E-state index contributed by atoms with van der Waals surface area (Å²) in [5, 5.41) is 3.60. The van der Waals surface area contributed by atoms with Crippen molar-refractivity contribution in [2.45, 2.75) is 38.7 Å². The normalized spacial score (nSPS) is 24.6. The summed E-state index contributed by atoms with van der Waals surface area (Å²) in [5.74, 6) is 1.78. The Kier molecular flexibility index (Phi) is 4.58. The molecule has 1 aromatic rings. The van der Waals surface area contributed by atoms with Crippen LogP contribution in [-0.2, 0) is 17.6 Å². The third-order valence-corrected chi connectivity index (χ3v) is 4.50. The lowest BCUT2D eigenvalue weighted by Crippen LogP contribution is -2.29. The molecule has 0 saturated carbocycles. The SMILES string of the molecule is CCC1OCCC1CNCCc1ccc2c(c1)CCO2. The summed E-state index contributed by atoms with van der Waals surface area (Å²) >= 11 is 0. The monoisotopic (exact) mass is 275 g/mol. The molecule has 2 atom stereocenters. The third kappa shape index (κ3) is 3.15. The van der Waals surface area contributed by atoms with Gasteiger partial charge in [-0.3, -0.25) is 0 Å². The van der Waals surface area contributed by atoms with E-state index in [0.29, 0.717) is 12.0 Å². The van der Waals surface area contributed by atoms with Crippen molar-refractivity contribution in [2.24, 2.45) is 5.92 Å². The summed E-state index contributed by atoms with van der Waals surface area (Å²) < 4.78 is 11.3. The van der Waals surface area contributed by atoms with Crippen LogP contribution in [0.1, 0.15) is 30.9 Å². The molecule has 2 unspecified atom stereocenters. The van der Waals surface area contributed by atoms with Gasteiger partial charge in [-0.2, -0.15) is 0 Å². The molecule has 2 aliphatic rings. The summed E-state index contributed by atoms with van der Waals surface area (Å²) in [4.78, 5) is 0. The minimum Gasteiger partial charge on any atom is -0.493 e. The molecule has 0 radical (unpaired) electrons. The Morgan fingerprint density at radius 2 is 2.25 bits per heavy atom. The zero-order chi connectivity index (χ0) is 13.8. The lowest BCUT2D eigenvalue weighted by Gasteiger charge is -2.17. The Morgan fingerprint density at radius 3 is 3.15 bits per heavy atom. The van der Waals surface area contributed by atoms with Gasteiger partial charge in [0.15, 0.2) is 0 Å². The number of rotatable bonds is 6. The van der Waals surface area contributed by atoms with E-state index in [9.17, 15) is 0 Å². The highest BCUT2D eigenvalue weighted by Gasteiger charge is 2.25. The Labute approximate surface area is 121 Å². The fourth-order valence-electron chi connectivity index (χ4n) is 3.29. The molecule has 0 spiro atoms. The second kappa shape index (κ2) is 6.59. The molecule has 0 amide bonds. The number of ether oxygens (including phenoxy) is 2. The molecule has 1 saturated heterocycles. The largest absolute Gasteiger partial charge is 0.493 e. The number of hydrogen-bond donors (Lipinski definition) is 1. The number of nitrogens with one attached hydrogen (secondary N) is 1. The van der Waals surface area contributed by atoms with E-state index in [-0.39, 0.29) is 0 Å². The van der Waals surface area contributed by atoms with Crippen LogP contribution in [0.15, 0.2) is 18.2 Å². The Hall–Kier alpha value is -1.06. The van der Waals surface area contributed by atoms with Crippen LogP contribution in [0.25, 0.3) is 0 Å². The molecule has 20 heavy (non-hydrogen) atoms. The van der Waals surface area contributed by atoms with Gasteiger partial charge in [0.25, 0.3) is 0 Å². The lowest BCUT2D eigenvalue weighted by molar-refractivity contribution is 0.0873. The Balaban J connectivity index is 1.41. The second-order valence-electron chi connectivity index (χ2n) is 5.86. The van der Waals surface area contributed by atoms with Crippen LogP contribution in [0, 0.1) is 5.92 Å². The molecular formula is C17H25NO2. The van der Waals surface area contributed by atoms with Crippen molar-refractivity contribution in [3.05, 3.63) is 29.3 Å². The minimum absolute atomic E-state index is 0.472. The quantitative estimate of drug-likeness (QED) is 0.809. The molecule has 1 fully saturated rings. The van der Waals surface area contributed by atoms with Crippen LogP contribution in [0.3, 0.4) is 0 Å². The predicted octanol–water partition coefficient (Wildman–Crippen LogP) is 2.57. The van der Waals surface area contributed by atoms with Crippen LogP contribution in [0.2, 0.25) is 0 Å². The Morgan fingerprint density at radius 1 is 1.30 bits per heavy atom. The molecule has 0 bridgehead atoms. The first-order valence-corrected chi connectivity index (χ1v) is 7.93. The van der Waals surface area contributed by atoms with Gasteiger partial charge in [-0.05, 0) is 48.9 Å². The number of benzene rings is 1. The van der Waals surface area contributed by atoms with E-state index in [1.807, 2.05) is 0 Å². The van der Waals surface area contributed by atoms with Crippen molar-refractivity contribution >= 4 is 0 Å². The van der Waals surface area contributed by atoms with Gasteiger partial charge in [0.05, 0.1) is 12.7 Å². The van der Waals surface area contributed by atoms with Gasteiger partial charge in [0.1, 0.15) is 5.75 Å². The fraction of sp³-hybridized carbons (Fsp3) is 0.647. The Bertz CT molecular complexity index is 447. The molecule has 3 nitrogen and oxygen atoms in total. The zero-order valence-electron chi connectivity index (χ0n) is 12.4. The van der Waals surface area contributed by atoms with Gasteiger partial charge in [0.2, 0.25) is 0 Å². The average Bonchev–Trinajstić information content (AvgIpc) is 3.11. The van der Waals surface area contributed by atoms with Crippen molar-refractivity contribution in [3.63, 3.8) is 0 Å². The van der Waals surface area contributed by atoms with E-state index in [2.05, 4.69) is 30.4 Å². The fourth-order valence-corrected chi connectivity index (χ4v) is 3.29. The molecule has 3 heteroatoms. The molecule has 1 aromatic carbocycles. The van der Waals surface area contributed by atoms with Crippen LogP contribution in [0.5, 0.6) is 5.75 Å². The van der Waals surface area contributed by atoms with Crippen molar-refractivity contribution in [2.75, 3.05) is 26.3 Å². The molecule has 2 heterocycles. The maximum Gasteiger partial charge on any atom is 0.122 e.